The van der Waals surface area contributed by atoms with Crippen LogP contribution in [0.25, 0.3) is 56.0 Å². The number of benzene rings is 6. The minimum Gasteiger partial charge on any atom is -0.463 e. The van der Waals surface area contributed by atoms with Crippen molar-refractivity contribution >= 4 is 11.0 Å². The van der Waals surface area contributed by atoms with E-state index in [0.29, 0.717) is 5.82 Å². The summed E-state index contributed by atoms with van der Waals surface area (Å²) in [7, 11) is 0. The minimum atomic E-state index is -0.547. The smallest absolute Gasteiger partial charge is 0.160 e. The molecule has 4 heteroatoms. The second kappa shape index (κ2) is 9.87. The van der Waals surface area contributed by atoms with Crippen molar-refractivity contribution in [2.45, 2.75) is 5.41 Å². The standard InChI is InChI=1S/C43H26N2O2/c1-3-13-27(14-4-1)36-25-37(45-42(44-36)28-15-5-2-6-16-28)31-26-46-41-29(31)23-24-35-40(41)30-17-7-8-18-32(30)43(35)33-19-9-11-21-38(33)47-39-22-12-10-20-34(39)43/h1-26H. The number of aromatic nitrogens is 2. The van der Waals surface area contributed by atoms with Gasteiger partial charge in [-0.15, -0.1) is 0 Å². The number of furan rings is 1. The van der Waals surface area contributed by atoms with E-state index in [1.807, 2.05) is 66.9 Å². The van der Waals surface area contributed by atoms with E-state index < -0.39 is 5.41 Å². The number of para-hydroxylation sites is 2. The van der Waals surface area contributed by atoms with Crippen LogP contribution in [0.1, 0.15) is 22.3 Å². The van der Waals surface area contributed by atoms with Gasteiger partial charge in [0.25, 0.3) is 0 Å². The zero-order chi connectivity index (χ0) is 31.0. The third-order valence-electron chi connectivity index (χ3n) is 9.65. The Morgan fingerprint density at radius 1 is 0.468 bits per heavy atom. The molecule has 0 N–H and O–H groups in total. The van der Waals surface area contributed by atoms with E-state index in [9.17, 15) is 0 Å². The summed E-state index contributed by atoms with van der Waals surface area (Å²) in [6.45, 7) is 0. The van der Waals surface area contributed by atoms with Gasteiger partial charge in [0, 0.05) is 38.8 Å². The molecule has 8 aromatic rings. The van der Waals surface area contributed by atoms with E-state index in [1.54, 1.807) is 0 Å². The summed E-state index contributed by atoms with van der Waals surface area (Å²) < 4.78 is 13.1. The SMILES string of the molecule is c1ccc(-c2cc(-c3coc4c5c(ccc34)C3(c4ccccc4Oc4ccccc43)c3ccccc3-5)nc(-c3ccccc3)n2)cc1. The largest absolute Gasteiger partial charge is 0.463 e. The average Bonchev–Trinajstić information content (AvgIpc) is 3.71. The predicted octanol–water partition coefficient (Wildman–Crippen LogP) is 10.7. The van der Waals surface area contributed by atoms with Crippen LogP contribution in [0.2, 0.25) is 0 Å². The maximum absolute atomic E-state index is 6.61. The van der Waals surface area contributed by atoms with Gasteiger partial charge in [0.1, 0.15) is 23.3 Å². The van der Waals surface area contributed by atoms with Gasteiger partial charge < -0.3 is 9.15 Å². The molecule has 1 aliphatic heterocycles. The van der Waals surface area contributed by atoms with Crippen LogP contribution < -0.4 is 4.74 Å². The van der Waals surface area contributed by atoms with Gasteiger partial charge in [0.05, 0.1) is 16.8 Å². The average molecular weight is 603 g/mol. The van der Waals surface area contributed by atoms with E-state index in [2.05, 4.69) is 91.0 Å². The second-order valence-corrected chi connectivity index (χ2v) is 12.1. The summed E-state index contributed by atoms with van der Waals surface area (Å²) in [5.74, 6) is 2.42. The molecule has 3 heterocycles. The molecule has 0 atom stereocenters. The molecule has 0 bridgehead atoms. The topological polar surface area (TPSA) is 48.2 Å². The Bertz CT molecular complexity index is 2400. The third kappa shape index (κ3) is 3.64. The maximum Gasteiger partial charge on any atom is 0.160 e. The van der Waals surface area contributed by atoms with Crippen molar-refractivity contribution in [1.29, 1.82) is 0 Å². The number of ether oxygens (including phenoxy) is 1. The number of rotatable bonds is 3. The molecule has 0 fully saturated rings. The first-order chi connectivity index (χ1) is 23.3. The van der Waals surface area contributed by atoms with E-state index in [1.165, 1.54) is 11.1 Å². The highest BCUT2D eigenvalue weighted by Crippen LogP contribution is 2.63. The van der Waals surface area contributed by atoms with Crippen molar-refractivity contribution in [1.82, 2.24) is 9.97 Å². The van der Waals surface area contributed by atoms with Crippen molar-refractivity contribution in [2.75, 3.05) is 0 Å². The molecule has 6 aromatic carbocycles. The molecule has 10 rings (SSSR count). The minimum absolute atomic E-state index is 0.547. The lowest BCUT2D eigenvalue weighted by atomic mass is 9.66. The Labute approximate surface area is 271 Å². The Morgan fingerprint density at radius 3 is 1.79 bits per heavy atom. The zero-order valence-corrected chi connectivity index (χ0v) is 25.2. The van der Waals surface area contributed by atoms with Crippen LogP contribution in [0.5, 0.6) is 11.5 Å². The summed E-state index contributed by atoms with van der Waals surface area (Å²) in [6, 6.07) is 52.5. The summed E-state index contributed by atoms with van der Waals surface area (Å²) in [5.41, 5.74) is 11.9. The molecule has 220 valence electrons. The van der Waals surface area contributed by atoms with Crippen LogP contribution in [0.15, 0.2) is 162 Å². The Morgan fingerprint density at radius 2 is 1.06 bits per heavy atom. The first-order valence-corrected chi connectivity index (χ1v) is 15.8. The number of fused-ring (bicyclic) bond motifs is 11. The fourth-order valence-electron chi connectivity index (χ4n) is 7.68. The normalized spacial score (nSPS) is 13.4. The molecule has 4 nitrogen and oxygen atoms in total. The lowest BCUT2D eigenvalue weighted by molar-refractivity contribution is 0.436. The van der Waals surface area contributed by atoms with Crippen molar-refractivity contribution in [3.05, 3.63) is 180 Å². The number of nitrogens with zero attached hydrogens (tertiary/aromatic N) is 2. The highest BCUT2D eigenvalue weighted by molar-refractivity contribution is 6.06. The molecule has 1 aliphatic carbocycles. The predicted molar refractivity (Wildman–Crippen MR) is 185 cm³/mol. The van der Waals surface area contributed by atoms with Crippen LogP contribution in [0.4, 0.5) is 0 Å². The molecule has 1 spiro atoms. The van der Waals surface area contributed by atoms with Gasteiger partial charge >= 0.3 is 0 Å². The van der Waals surface area contributed by atoms with Crippen molar-refractivity contribution < 1.29 is 9.15 Å². The van der Waals surface area contributed by atoms with Crippen LogP contribution in [-0.4, -0.2) is 9.97 Å². The van der Waals surface area contributed by atoms with Crippen LogP contribution >= 0.6 is 0 Å². The number of hydrogen-bond acceptors (Lipinski definition) is 4. The molecule has 0 saturated heterocycles. The second-order valence-electron chi connectivity index (χ2n) is 12.1. The number of hydrogen-bond donors (Lipinski definition) is 0. The monoisotopic (exact) mass is 602 g/mol. The Hall–Kier alpha value is -6.26. The van der Waals surface area contributed by atoms with Gasteiger partial charge in [-0.2, -0.15) is 0 Å². The molecule has 2 aromatic heterocycles. The summed E-state index contributed by atoms with van der Waals surface area (Å²) in [5, 5.41) is 1.01. The highest BCUT2D eigenvalue weighted by atomic mass is 16.5. The van der Waals surface area contributed by atoms with E-state index >= 15 is 0 Å². The fourth-order valence-corrected chi connectivity index (χ4v) is 7.68. The van der Waals surface area contributed by atoms with E-state index in [-0.39, 0.29) is 0 Å². The van der Waals surface area contributed by atoms with E-state index in [4.69, 9.17) is 19.1 Å². The van der Waals surface area contributed by atoms with Crippen LogP contribution in [0.3, 0.4) is 0 Å². The lowest BCUT2D eigenvalue weighted by Crippen LogP contribution is -2.32. The van der Waals surface area contributed by atoms with E-state index in [0.717, 1.165) is 72.8 Å². The molecule has 0 unspecified atom stereocenters. The van der Waals surface area contributed by atoms with Gasteiger partial charge in [-0.25, -0.2) is 9.97 Å². The van der Waals surface area contributed by atoms with Gasteiger partial charge in [0.2, 0.25) is 0 Å². The summed E-state index contributed by atoms with van der Waals surface area (Å²) in [4.78, 5) is 10.1. The Kier molecular flexibility index (Phi) is 5.46. The first-order valence-electron chi connectivity index (χ1n) is 15.8. The lowest BCUT2D eigenvalue weighted by Gasteiger charge is -2.39. The van der Waals surface area contributed by atoms with Gasteiger partial charge in [0.15, 0.2) is 5.82 Å². The van der Waals surface area contributed by atoms with Gasteiger partial charge in [-0.05, 0) is 34.9 Å². The summed E-state index contributed by atoms with van der Waals surface area (Å²) in [6.07, 6.45) is 1.86. The highest BCUT2D eigenvalue weighted by Gasteiger charge is 2.51. The molecule has 0 saturated carbocycles. The molecular formula is C43H26N2O2. The van der Waals surface area contributed by atoms with Crippen molar-refractivity contribution in [3.63, 3.8) is 0 Å². The van der Waals surface area contributed by atoms with Crippen molar-refractivity contribution in [2.24, 2.45) is 0 Å². The summed E-state index contributed by atoms with van der Waals surface area (Å²) >= 11 is 0. The van der Waals surface area contributed by atoms with Crippen LogP contribution in [0, 0.1) is 0 Å². The molecule has 0 amide bonds. The van der Waals surface area contributed by atoms with Crippen LogP contribution in [-0.2, 0) is 5.41 Å². The maximum atomic E-state index is 6.61. The molecule has 0 radical (unpaired) electrons. The molecular weight excluding hydrogens is 576 g/mol. The molecule has 47 heavy (non-hydrogen) atoms. The fraction of sp³-hybridized carbons (Fsp3) is 0.0233. The van der Waals surface area contributed by atoms with Gasteiger partial charge in [-0.1, -0.05) is 133 Å². The zero-order valence-electron chi connectivity index (χ0n) is 25.2. The molecule has 2 aliphatic rings. The third-order valence-corrected chi connectivity index (χ3v) is 9.65. The van der Waals surface area contributed by atoms with Gasteiger partial charge in [-0.3, -0.25) is 0 Å². The van der Waals surface area contributed by atoms with Crippen molar-refractivity contribution in [3.8, 4) is 56.5 Å². The Balaban J connectivity index is 1.25. The first kappa shape index (κ1) is 26.0. The quantitative estimate of drug-likeness (QED) is 0.202.